The van der Waals surface area contributed by atoms with E-state index >= 15 is 0 Å². The van der Waals surface area contributed by atoms with Crippen molar-refractivity contribution in [2.45, 2.75) is 59.2 Å². The number of hydrogen-bond acceptors (Lipinski definition) is 4. The van der Waals surface area contributed by atoms with Crippen molar-refractivity contribution in [3.63, 3.8) is 0 Å². The van der Waals surface area contributed by atoms with Gasteiger partial charge in [-0.2, -0.15) is 0 Å². The van der Waals surface area contributed by atoms with Gasteiger partial charge in [0.25, 0.3) is 0 Å². The largest absolute Gasteiger partial charge is 0.467 e. The highest BCUT2D eigenvalue weighted by Gasteiger charge is 2.34. The zero-order valence-electron chi connectivity index (χ0n) is 17.7. The summed E-state index contributed by atoms with van der Waals surface area (Å²) in [5, 5.41) is 2.21. The predicted octanol–water partition coefficient (Wildman–Crippen LogP) is 5.16. The minimum Gasteiger partial charge on any atom is -0.467 e. The van der Waals surface area contributed by atoms with E-state index in [2.05, 4.69) is 0 Å². The average molecular weight is 386 g/mol. The molecule has 0 aromatic heterocycles. The third-order valence-electron chi connectivity index (χ3n) is 4.34. The van der Waals surface area contributed by atoms with Crippen LogP contribution in [0, 0.1) is 5.92 Å². The summed E-state index contributed by atoms with van der Waals surface area (Å²) in [5.41, 5.74) is 0.277. The van der Waals surface area contributed by atoms with Gasteiger partial charge in [-0.3, -0.25) is 4.90 Å². The lowest BCUT2D eigenvalue weighted by Crippen LogP contribution is -2.47. The molecule has 28 heavy (non-hydrogen) atoms. The van der Waals surface area contributed by atoms with Gasteiger partial charge >= 0.3 is 12.1 Å². The Morgan fingerprint density at radius 1 is 1.04 bits per heavy atom. The van der Waals surface area contributed by atoms with Gasteiger partial charge in [0.1, 0.15) is 11.6 Å². The van der Waals surface area contributed by atoms with E-state index in [0.717, 1.165) is 16.3 Å². The summed E-state index contributed by atoms with van der Waals surface area (Å²) in [7, 11) is 1.35. The summed E-state index contributed by atoms with van der Waals surface area (Å²) in [6, 6.07) is 13.4. The number of rotatable bonds is 6. The molecule has 0 fully saturated rings. The Kier molecular flexibility index (Phi) is 7.05. The number of carbonyl (C=O) groups is 2. The van der Waals surface area contributed by atoms with Crippen molar-refractivity contribution < 1.29 is 19.1 Å². The molecule has 152 valence electrons. The Hall–Kier alpha value is -2.56. The standard InChI is InChI=1S/C23H31NO4/c1-16(2)13-20(21(25)27-6)24(22(26)28-23(3,4)5)15-17-11-12-18-9-7-8-10-19(18)14-17/h7-12,14,16,20H,13,15H2,1-6H3/t20-/m0/s1. The van der Waals surface area contributed by atoms with Crippen LogP contribution in [-0.4, -0.2) is 35.7 Å². The molecule has 1 atom stereocenters. The van der Waals surface area contributed by atoms with Gasteiger partial charge in [-0.15, -0.1) is 0 Å². The molecule has 5 nitrogen and oxygen atoms in total. The number of methoxy groups -OCH3 is 1. The molecular formula is C23H31NO4. The molecule has 0 heterocycles. The number of fused-ring (bicyclic) bond motifs is 1. The van der Waals surface area contributed by atoms with Crippen LogP contribution in [0.3, 0.4) is 0 Å². The number of amides is 1. The summed E-state index contributed by atoms with van der Waals surface area (Å²) in [6.07, 6.45) is -0.0174. The molecule has 1 amide bonds. The number of carbonyl (C=O) groups excluding carboxylic acids is 2. The SMILES string of the molecule is COC(=O)[C@H](CC(C)C)N(Cc1ccc2ccccc2c1)C(=O)OC(C)(C)C. The Morgan fingerprint density at radius 2 is 1.68 bits per heavy atom. The first-order valence-corrected chi connectivity index (χ1v) is 9.66. The van der Waals surface area contributed by atoms with E-state index in [-0.39, 0.29) is 12.5 Å². The second-order valence-electron chi connectivity index (χ2n) is 8.46. The lowest BCUT2D eigenvalue weighted by Gasteiger charge is -2.33. The van der Waals surface area contributed by atoms with Crippen LogP contribution in [-0.2, 0) is 20.8 Å². The number of nitrogens with zero attached hydrogens (tertiary/aromatic N) is 1. The maximum atomic E-state index is 13.0. The maximum absolute atomic E-state index is 13.0. The first-order chi connectivity index (χ1) is 13.1. The molecule has 0 aliphatic heterocycles. The Balaban J connectivity index is 2.39. The van der Waals surface area contributed by atoms with Gasteiger partial charge < -0.3 is 9.47 Å². The van der Waals surface area contributed by atoms with Crippen molar-refractivity contribution in [3.8, 4) is 0 Å². The molecule has 2 rings (SSSR count). The fourth-order valence-corrected chi connectivity index (χ4v) is 3.09. The van der Waals surface area contributed by atoms with Crippen molar-refractivity contribution in [1.29, 1.82) is 0 Å². The molecule has 0 bridgehead atoms. The molecule has 5 heteroatoms. The first kappa shape index (κ1) is 21.7. The van der Waals surface area contributed by atoms with Gasteiger partial charge in [0, 0.05) is 6.54 Å². The third kappa shape index (κ3) is 5.98. The van der Waals surface area contributed by atoms with Crippen LogP contribution in [0.15, 0.2) is 42.5 Å². The summed E-state index contributed by atoms with van der Waals surface area (Å²) in [6.45, 7) is 9.74. The summed E-state index contributed by atoms with van der Waals surface area (Å²) in [5.74, 6) is -0.217. The van der Waals surface area contributed by atoms with Gasteiger partial charge in [0.05, 0.1) is 7.11 Å². The topological polar surface area (TPSA) is 55.8 Å². The third-order valence-corrected chi connectivity index (χ3v) is 4.34. The highest BCUT2D eigenvalue weighted by Crippen LogP contribution is 2.22. The smallest absolute Gasteiger partial charge is 0.411 e. The number of ether oxygens (including phenoxy) is 2. The molecule has 0 aliphatic carbocycles. The molecule has 0 aliphatic rings. The summed E-state index contributed by atoms with van der Waals surface area (Å²) in [4.78, 5) is 26.9. The zero-order chi connectivity index (χ0) is 20.9. The lowest BCUT2D eigenvalue weighted by atomic mass is 10.0. The predicted molar refractivity (Wildman–Crippen MR) is 111 cm³/mol. The Bertz CT molecular complexity index is 823. The molecule has 0 radical (unpaired) electrons. The van der Waals surface area contributed by atoms with Crippen molar-refractivity contribution in [2.75, 3.05) is 7.11 Å². The molecule has 0 unspecified atom stereocenters. The molecule has 0 saturated carbocycles. The van der Waals surface area contributed by atoms with Crippen LogP contribution in [0.25, 0.3) is 10.8 Å². The van der Waals surface area contributed by atoms with Crippen molar-refractivity contribution >= 4 is 22.8 Å². The summed E-state index contributed by atoms with van der Waals surface area (Å²) >= 11 is 0. The number of esters is 1. The number of hydrogen-bond donors (Lipinski definition) is 0. The van der Waals surface area contributed by atoms with Gasteiger partial charge in [-0.1, -0.05) is 50.2 Å². The molecule has 0 N–H and O–H groups in total. The molecule has 0 spiro atoms. The van der Waals surface area contributed by atoms with Gasteiger partial charge in [0.15, 0.2) is 0 Å². The second-order valence-corrected chi connectivity index (χ2v) is 8.46. The second kappa shape index (κ2) is 9.09. The fourth-order valence-electron chi connectivity index (χ4n) is 3.09. The van der Waals surface area contributed by atoms with E-state index < -0.39 is 23.7 Å². The van der Waals surface area contributed by atoms with E-state index in [1.165, 1.54) is 12.0 Å². The van der Waals surface area contributed by atoms with Crippen molar-refractivity contribution in [1.82, 2.24) is 4.90 Å². The first-order valence-electron chi connectivity index (χ1n) is 9.66. The Labute approximate surface area is 167 Å². The molecule has 0 saturated heterocycles. The zero-order valence-corrected chi connectivity index (χ0v) is 17.7. The fraction of sp³-hybridized carbons (Fsp3) is 0.478. The van der Waals surface area contributed by atoms with E-state index in [0.29, 0.717) is 6.42 Å². The van der Waals surface area contributed by atoms with Gasteiger partial charge in [-0.25, -0.2) is 9.59 Å². The minimum absolute atomic E-state index is 0.214. The van der Waals surface area contributed by atoms with Crippen LogP contribution >= 0.6 is 0 Å². The average Bonchev–Trinajstić information content (AvgIpc) is 2.62. The van der Waals surface area contributed by atoms with Gasteiger partial charge in [-0.05, 0) is 55.5 Å². The van der Waals surface area contributed by atoms with E-state index in [1.54, 1.807) is 0 Å². The van der Waals surface area contributed by atoms with Crippen LogP contribution < -0.4 is 0 Å². The maximum Gasteiger partial charge on any atom is 0.411 e. The highest BCUT2D eigenvalue weighted by atomic mass is 16.6. The highest BCUT2D eigenvalue weighted by molar-refractivity contribution is 5.84. The van der Waals surface area contributed by atoms with Crippen LogP contribution in [0.1, 0.15) is 46.6 Å². The van der Waals surface area contributed by atoms with Crippen LogP contribution in [0.5, 0.6) is 0 Å². The normalized spacial score (nSPS) is 12.7. The van der Waals surface area contributed by atoms with E-state index in [9.17, 15) is 9.59 Å². The van der Waals surface area contributed by atoms with Crippen LogP contribution in [0.2, 0.25) is 0 Å². The Morgan fingerprint density at radius 3 is 2.25 bits per heavy atom. The lowest BCUT2D eigenvalue weighted by molar-refractivity contribution is -0.147. The van der Waals surface area contributed by atoms with Crippen molar-refractivity contribution in [3.05, 3.63) is 48.0 Å². The van der Waals surface area contributed by atoms with E-state index in [1.807, 2.05) is 77.1 Å². The minimum atomic E-state index is -0.702. The van der Waals surface area contributed by atoms with E-state index in [4.69, 9.17) is 9.47 Å². The van der Waals surface area contributed by atoms with Crippen molar-refractivity contribution in [2.24, 2.45) is 5.92 Å². The molecular weight excluding hydrogens is 354 g/mol. The number of benzene rings is 2. The molecule has 2 aromatic rings. The summed E-state index contributed by atoms with van der Waals surface area (Å²) < 4.78 is 10.6. The van der Waals surface area contributed by atoms with Gasteiger partial charge in [0.2, 0.25) is 0 Å². The quantitative estimate of drug-likeness (QED) is 0.644. The molecule has 2 aromatic carbocycles. The monoisotopic (exact) mass is 385 g/mol. The van der Waals surface area contributed by atoms with Crippen LogP contribution in [0.4, 0.5) is 4.79 Å².